The lowest BCUT2D eigenvalue weighted by Crippen LogP contribution is -3.00. The number of aromatic carboxylic acids is 1. The Labute approximate surface area is 200 Å². The lowest BCUT2D eigenvalue weighted by atomic mass is 10.2. The summed E-state index contributed by atoms with van der Waals surface area (Å²) >= 11 is 0. The van der Waals surface area contributed by atoms with Crippen molar-refractivity contribution >= 4 is 40.7 Å². The molecule has 6 heteroatoms. The number of hydrogen-bond donors (Lipinski definition) is 2. The lowest BCUT2D eigenvalue weighted by Gasteiger charge is -2.27. The number of carboxylic acid groups (broad SMARTS) is 1. The van der Waals surface area contributed by atoms with E-state index in [-0.39, 0.29) is 30.0 Å². The standard InChI is InChI=1S/C27H22NO3P.ClH/c29-26(28-25-19-11-10-18-24(25)27(30)31)20-32(21-12-4-1-5-13-21,22-14-6-2-7-15-22)23-16-8-3-9-17-23;/h1-19H,20H2,(H-,28,29,30,31);1H. The Morgan fingerprint density at radius 1 is 0.636 bits per heavy atom. The van der Waals surface area contributed by atoms with Crippen molar-refractivity contribution in [1.82, 2.24) is 0 Å². The number of carbonyl (C=O) groups is 2. The van der Waals surface area contributed by atoms with Gasteiger partial charge in [0, 0.05) is 0 Å². The van der Waals surface area contributed by atoms with Crippen LogP contribution in [-0.4, -0.2) is 23.1 Å². The third-order valence-corrected chi connectivity index (χ3v) is 9.70. The summed E-state index contributed by atoms with van der Waals surface area (Å²) in [6.45, 7) is 0. The van der Waals surface area contributed by atoms with Crippen molar-refractivity contribution in [2.75, 3.05) is 11.5 Å². The molecule has 4 nitrogen and oxygen atoms in total. The number of nitrogens with one attached hydrogen (secondary N) is 1. The molecule has 0 aliphatic rings. The molecular weight excluding hydrogens is 453 g/mol. The largest absolute Gasteiger partial charge is 1.00 e. The number of amides is 1. The van der Waals surface area contributed by atoms with Gasteiger partial charge in [-0.15, -0.1) is 0 Å². The van der Waals surface area contributed by atoms with E-state index >= 15 is 0 Å². The molecule has 2 N–H and O–H groups in total. The van der Waals surface area contributed by atoms with Crippen LogP contribution >= 0.6 is 7.26 Å². The highest BCUT2D eigenvalue weighted by atomic mass is 35.5. The first-order valence-electron chi connectivity index (χ1n) is 10.3. The van der Waals surface area contributed by atoms with Gasteiger partial charge in [0.1, 0.15) is 23.2 Å². The van der Waals surface area contributed by atoms with E-state index in [1.165, 1.54) is 6.07 Å². The van der Waals surface area contributed by atoms with Crippen LogP contribution < -0.4 is 33.6 Å². The van der Waals surface area contributed by atoms with Gasteiger partial charge in [-0.1, -0.05) is 66.7 Å². The van der Waals surface area contributed by atoms with E-state index in [9.17, 15) is 14.7 Å². The number of rotatable bonds is 7. The van der Waals surface area contributed by atoms with Gasteiger partial charge in [-0.05, 0) is 48.5 Å². The summed E-state index contributed by atoms with van der Waals surface area (Å²) in [5, 5.41) is 15.7. The number of benzene rings is 4. The van der Waals surface area contributed by atoms with Crippen LogP contribution in [0.15, 0.2) is 115 Å². The molecule has 0 bridgehead atoms. The molecule has 0 aliphatic heterocycles. The molecule has 1 amide bonds. The van der Waals surface area contributed by atoms with Crippen LogP contribution in [-0.2, 0) is 4.79 Å². The number of carboxylic acids is 1. The Kier molecular flexibility index (Phi) is 8.00. The minimum absolute atomic E-state index is 0. The van der Waals surface area contributed by atoms with E-state index in [1.807, 2.05) is 54.6 Å². The van der Waals surface area contributed by atoms with E-state index in [0.717, 1.165) is 15.9 Å². The van der Waals surface area contributed by atoms with Crippen LogP contribution in [0.5, 0.6) is 0 Å². The van der Waals surface area contributed by atoms with Crippen LogP contribution in [0.2, 0.25) is 0 Å². The maximum atomic E-state index is 13.4. The van der Waals surface area contributed by atoms with Gasteiger partial charge in [-0.2, -0.15) is 0 Å². The molecule has 0 heterocycles. The zero-order valence-corrected chi connectivity index (χ0v) is 19.4. The van der Waals surface area contributed by atoms with Crippen LogP contribution in [0.4, 0.5) is 5.69 Å². The summed E-state index contributed by atoms with van der Waals surface area (Å²) < 4.78 is 0. The third kappa shape index (κ3) is 5.14. The number of anilines is 1. The first kappa shape index (κ1) is 24.2. The maximum absolute atomic E-state index is 13.4. The van der Waals surface area contributed by atoms with Crippen molar-refractivity contribution in [3.05, 3.63) is 121 Å². The van der Waals surface area contributed by atoms with Crippen molar-refractivity contribution in [1.29, 1.82) is 0 Å². The second-order valence-electron chi connectivity index (χ2n) is 7.37. The fraction of sp³-hybridized carbons (Fsp3) is 0.0370. The number of carbonyl (C=O) groups excluding carboxylic acids is 1. The molecule has 0 radical (unpaired) electrons. The Hall–Kier alpha value is -3.46. The Morgan fingerprint density at radius 2 is 1.03 bits per heavy atom. The van der Waals surface area contributed by atoms with Crippen molar-refractivity contribution in [3.63, 3.8) is 0 Å². The van der Waals surface area contributed by atoms with Crippen LogP contribution in [0, 0.1) is 0 Å². The van der Waals surface area contributed by atoms with Gasteiger partial charge in [0.25, 0.3) is 5.91 Å². The molecular formula is C27H23ClNO3P. The third-order valence-electron chi connectivity index (χ3n) is 5.40. The molecule has 0 fully saturated rings. The zero-order valence-electron chi connectivity index (χ0n) is 17.8. The highest BCUT2D eigenvalue weighted by Gasteiger charge is 2.47. The summed E-state index contributed by atoms with van der Waals surface area (Å²) in [6, 6.07) is 36.8. The summed E-state index contributed by atoms with van der Waals surface area (Å²) in [5.74, 6) is -1.29. The fourth-order valence-electron chi connectivity index (χ4n) is 3.95. The molecule has 4 aromatic rings. The second-order valence-corrected chi connectivity index (χ2v) is 10.9. The predicted octanol–water partition coefficient (Wildman–Crippen LogP) is 1.32. The van der Waals surface area contributed by atoms with Gasteiger partial charge in [0.2, 0.25) is 0 Å². The molecule has 33 heavy (non-hydrogen) atoms. The SMILES string of the molecule is O=C(C[P+](c1ccccc1)(c1ccccc1)c1ccccc1)Nc1ccccc1C(=O)O.[Cl-]. The van der Waals surface area contributed by atoms with Gasteiger partial charge in [0.05, 0.1) is 11.3 Å². The van der Waals surface area contributed by atoms with Gasteiger partial charge < -0.3 is 22.8 Å². The Morgan fingerprint density at radius 3 is 1.45 bits per heavy atom. The first-order chi connectivity index (χ1) is 15.6. The van der Waals surface area contributed by atoms with Gasteiger partial charge >= 0.3 is 5.97 Å². The maximum Gasteiger partial charge on any atom is 0.337 e. The highest BCUT2D eigenvalue weighted by molar-refractivity contribution is 7.96. The van der Waals surface area contributed by atoms with Crippen molar-refractivity contribution in [2.24, 2.45) is 0 Å². The molecule has 0 saturated carbocycles. The Balaban J connectivity index is 0.00000306. The highest BCUT2D eigenvalue weighted by Crippen LogP contribution is 2.55. The van der Waals surface area contributed by atoms with Gasteiger partial charge in [-0.25, -0.2) is 4.79 Å². The van der Waals surface area contributed by atoms with E-state index in [4.69, 9.17) is 0 Å². The first-order valence-corrected chi connectivity index (χ1v) is 12.3. The van der Waals surface area contributed by atoms with Crippen molar-refractivity contribution < 1.29 is 27.1 Å². The molecule has 0 aromatic heterocycles. The van der Waals surface area contributed by atoms with Crippen molar-refractivity contribution in [2.45, 2.75) is 0 Å². The summed E-state index contributed by atoms with van der Waals surface area (Å²) in [4.78, 5) is 25.1. The van der Waals surface area contributed by atoms with E-state index < -0.39 is 13.2 Å². The number of para-hydroxylation sites is 1. The molecule has 0 unspecified atom stereocenters. The summed E-state index contributed by atoms with van der Waals surface area (Å²) in [7, 11) is -2.34. The van der Waals surface area contributed by atoms with Crippen LogP contribution in [0.1, 0.15) is 10.4 Å². The Bertz CT molecular complexity index is 1120. The van der Waals surface area contributed by atoms with E-state index in [1.54, 1.807) is 18.2 Å². The molecule has 0 aliphatic carbocycles. The molecule has 0 spiro atoms. The smallest absolute Gasteiger partial charge is 0.337 e. The summed E-state index contributed by atoms with van der Waals surface area (Å²) in [5.41, 5.74) is 0.376. The minimum atomic E-state index is -2.34. The fourth-order valence-corrected chi connectivity index (χ4v) is 7.95. The predicted molar refractivity (Wildman–Crippen MR) is 132 cm³/mol. The molecule has 0 saturated heterocycles. The van der Waals surface area contributed by atoms with Crippen LogP contribution in [0.3, 0.4) is 0 Å². The van der Waals surface area contributed by atoms with E-state index in [0.29, 0.717) is 5.69 Å². The molecule has 166 valence electrons. The van der Waals surface area contributed by atoms with Gasteiger partial charge in [-0.3, -0.25) is 4.79 Å². The van der Waals surface area contributed by atoms with E-state index in [2.05, 4.69) is 41.7 Å². The quantitative estimate of drug-likeness (QED) is 0.396. The van der Waals surface area contributed by atoms with Crippen molar-refractivity contribution in [3.8, 4) is 0 Å². The second kappa shape index (κ2) is 10.9. The molecule has 4 rings (SSSR count). The van der Waals surface area contributed by atoms with Crippen LogP contribution in [0.25, 0.3) is 0 Å². The van der Waals surface area contributed by atoms with Gasteiger partial charge in [0.15, 0.2) is 6.16 Å². The topological polar surface area (TPSA) is 66.4 Å². The number of hydrogen-bond acceptors (Lipinski definition) is 2. The molecule has 0 atom stereocenters. The average Bonchev–Trinajstić information content (AvgIpc) is 2.84. The summed E-state index contributed by atoms with van der Waals surface area (Å²) in [6.07, 6.45) is 0.221. The average molecular weight is 476 g/mol. The number of halogens is 1. The molecule has 4 aromatic carbocycles. The zero-order chi connectivity index (χ0) is 22.4. The monoisotopic (exact) mass is 475 g/mol. The minimum Gasteiger partial charge on any atom is -1.00 e. The normalized spacial score (nSPS) is 10.7. The lowest BCUT2D eigenvalue weighted by molar-refractivity contribution is -0.113.